The third kappa shape index (κ3) is 3.72. The fourth-order valence-electron chi connectivity index (χ4n) is 2.56. The third-order valence-electron chi connectivity index (χ3n) is 4.20. The molecule has 1 N–H and O–H groups in total. The number of hydrogen-bond donors (Lipinski definition) is 1. The van der Waals surface area contributed by atoms with Gasteiger partial charge in [0.05, 0.1) is 0 Å². The summed E-state index contributed by atoms with van der Waals surface area (Å²) in [6, 6.07) is 4.45. The quantitative estimate of drug-likeness (QED) is 0.894. The van der Waals surface area contributed by atoms with Gasteiger partial charge in [0.15, 0.2) is 0 Å². The van der Waals surface area contributed by atoms with E-state index >= 15 is 0 Å². The Bertz CT molecular complexity index is 462. The molecule has 3 nitrogen and oxygen atoms in total. The number of pyridine rings is 1. The molecule has 1 aliphatic carbocycles. The molecule has 20 heavy (non-hydrogen) atoms. The number of rotatable bonds is 5. The highest BCUT2D eigenvalue weighted by Crippen LogP contribution is 2.38. The van der Waals surface area contributed by atoms with Crippen LogP contribution in [0.5, 0.6) is 0 Å². The van der Waals surface area contributed by atoms with E-state index in [1.807, 2.05) is 7.05 Å². The molecule has 0 aliphatic heterocycles. The summed E-state index contributed by atoms with van der Waals surface area (Å²) in [5.41, 5.74) is 2.58. The third-order valence-corrected chi connectivity index (χ3v) is 4.20. The molecular weight excluding hydrogens is 246 g/mol. The molecule has 0 radical (unpaired) electrons. The molecule has 112 valence electrons. The van der Waals surface area contributed by atoms with E-state index < -0.39 is 0 Å². The first-order valence-corrected chi connectivity index (χ1v) is 7.68. The SMILES string of the molecule is CNCc1cc(N(C)CC2CC2C)nc(C(C)(C)C)c1. The first kappa shape index (κ1) is 15.3. The Hall–Kier alpha value is -1.09. The molecule has 1 saturated carbocycles. The summed E-state index contributed by atoms with van der Waals surface area (Å²) in [6.45, 7) is 11.0. The zero-order valence-electron chi connectivity index (χ0n) is 13.8. The Labute approximate surface area is 123 Å². The minimum absolute atomic E-state index is 0.0895. The minimum Gasteiger partial charge on any atom is -0.359 e. The van der Waals surface area contributed by atoms with Crippen LogP contribution in [0.25, 0.3) is 0 Å². The van der Waals surface area contributed by atoms with Crippen molar-refractivity contribution in [2.45, 2.75) is 46.1 Å². The number of anilines is 1. The summed E-state index contributed by atoms with van der Waals surface area (Å²) in [4.78, 5) is 7.21. The molecule has 1 fully saturated rings. The molecule has 1 aliphatic rings. The van der Waals surface area contributed by atoms with Gasteiger partial charge in [-0.25, -0.2) is 4.98 Å². The van der Waals surface area contributed by atoms with Crippen molar-refractivity contribution in [2.24, 2.45) is 11.8 Å². The summed E-state index contributed by atoms with van der Waals surface area (Å²) < 4.78 is 0. The second kappa shape index (κ2) is 5.72. The van der Waals surface area contributed by atoms with Crippen LogP contribution >= 0.6 is 0 Å². The van der Waals surface area contributed by atoms with Crippen LogP contribution in [-0.4, -0.2) is 25.6 Å². The van der Waals surface area contributed by atoms with E-state index in [1.54, 1.807) is 0 Å². The van der Waals surface area contributed by atoms with Crippen molar-refractivity contribution < 1.29 is 0 Å². The maximum Gasteiger partial charge on any atom is 0.128 e. The van der Waals surface area contributed by atoms with Gasteiger partial charge in [-0.05, 0) is 43.0 Å². The van der Waals surface area contributed by atoms with Crippen molar-refractivity contribution in [2.75, 3.05) is 25.5 Å². The first-order valence-electron chi connectivity index (χ1n) is 7.68. The van der Waals surface area contributed by atoms with Gasteiger partial charge in [-0.1, -0.05) is 27.7 Å². The lowest BCUT2D eigenvalue weighted by Crippen LogP contribution is -2.24. The Morgan fingerprint density at radius 3 is 2.50 bits per heavy atom. The number of nitrogens with one attached hydrogen (secondary N) is 1. The van der Waals surface area contributed by atoms with Crippen molar-refractivity contribution in [1.82, 2.24) is 10.3 Å². The van der Waals surface area contributed by atoms with Crippen molar-refractivity contribution in [3.63, 3.8) is 0 Å². The van der Waals surface area contributed by atoms with Crippen LogP contribution in [0.3, 0.4) is 0 Å². The van der Waals surface area contributed by atoms with Gasteiger partial charge in [0.2, 0.25) is 0 Å². The molecule has 0 bridgehead atoms. The molecule has 1 heterocycles. The van der Waals surface area contributed by atoms with Gasteiger partial charge in [0.25, 0.3) is 0 Å². The van der Waals surface area contributed by atoms with Crippen molar-refractivity contribution >= 4 is 5.82 Å². The molecule has 0 spiro atoms. The molecule has 2 atom stereocenters. The van der Waals surface area contributed by atoms with Crippen molar-refractivity contribution in [1.29, 1.82) is 0 Å². The Balaban J connectivity index is 2.23. The number of aromatic nitrogens is 1. The number of hydrogen-bond acceptors (Lipinski definition) is 3. The fourth-order valence-corrected chi connectivity index (χ4v) is 2.56. The zero-order valence-corrected chi connectivity index (χ0v) is 13.8. The molecule has 3 heteroatoms. The Morgan fingerprint density at radius 2 is 2.00 bits per heavy atom. The lowest BCUT2D eigenvalue weighted by molar-refractivity contribution is 0.565. The van der Waals surface area contributed by atoms with Gasteiger partial charge in [-0.3, -0.25) is 0 Å². The van der Waals surface area contributed by atoms with Crippen LogP contribution in [0.15, 0.2) is 12.1 Å². The fraction of sp³-hybridized carbons (Fsp3) is 0.706. The van der Waals surface area contributed by atoms with Crippen LogP contribution in [-0.2, 0) is 12.0 Å². The van der Waals surface area contributed by atoms with E-state index in [0.717, 1.165) is 30.7 Å². The normalized spacial score (nSPS) is 21.9. The first-order chi connectivity index (χ1) is 9.31. The van der Waals surface area contributed by atoms with E-state index in [9.17, 15) is 0 Å². The highest BCUT2D eigenvalue weighted by molar-refractivity contribution is 5.43. The van der Waals surface area contributed by atoms with Gasteiger partial charge in [0, 0.05) is 31.2 Å². The summed E-state index contributed by atoms with van der Waals surface area (Å²) in [6.07, 6.45) is 1.37. The average molecular weight is 275 g/mol. The molecule has 0 saturated heterocycles. The standard InChI is InChI=1S/C17H29N3/c1-12-7-14(12)11-20(6)16-9-13(10-18-5)8-15(19-16)17(2,3)4/h8-9,12,14,18H,7,10-11H2,1-6H3. The lowest BCUT2D eigenvalue weighted by atomic mass is 9.90. The van der Waals surface area contributed by atoms with Crippen LogP contribution in [0.1, 0.15) is 45.4 Å². The minimum atomic E-state index is 0.0895. The molecule has 1 aromatic heterocycles. The van der Waals surface area contributed by atoms with Gasteiger partial charge in [-0.2, -0.15) is 0 Å². The van der Waals surface area contributed by atoms with E-state index in [-0.39, 0.29) is 5.41 Å². The van der Waals surface area contributed by atoms with E-state index in [1.165, 1.54) is 17.7 Å². The maximum atomic E-state index is 4.89. The van der Waals surface area contributed by atoms with Crippen molar-refractivity contribution in [3.8, 4) is 0 Å². The maximum absolute atomic E-state index is 4.89. The molecule has 2 unspecified atom stereocenters. The molecular formula is C17H29N3. The second-order valence-corrected chi connectivity index (χ2v) is 7.35. The highest BCUT2D eigenvalue weighted by Gasteiger charge is 2.33. The summed E-state index contributed by atoms with van der Waals surface area (Å²) >= 11 is 0. The molecule has 0 amide bonds. The van der Waals surface area contributed by atoms with E-state index in [2.05, 4.69) is 57.1 Å². The summed E-state index contributed by atoms with van der Waals surface area (Å²) in [5.74, 6) is 2.86. The molecule has 0 aromatic carbocycles. The van der Waals surface area contributed by atoms with Crippen LogP contribution < -0.4 is 10.2 Å². The topological polar surface area (TPSA) is 28.2 Å². The van der Waals surface area contributed by atoms with E-state index in [0.29, 0.717) is 0 Å². The molecule has 1 aromatic rings. The average Bonchev–Trinajstić information content (AvgIpc) is 3.03. The summed E-state index contributed by atoms with van der Waals surface area (Å²) in [7, 11) is 4.16. The lowest BCUT2D eigenvalue weighted by Gasteiger charge is -2.24. The monoisotopic (exact) mass is 275 g/mol. The highest BCUT2D eigenvalue weighted by atomic mass is 15.2. The predicted octanol–water partition coefficient (Wildman–Crippen LogP) is 3.19. The van der Waals surface area contributed by atoms with Crippen molar-refractivity contribution in [3.05, 3.63) is 23.4 Å². The van der Waals surface area contributed by atoms with Crippen LogP contribution in [0, 0.1) is 11.8 Å². The van der Waals surface area contributed by atoms with E-state index in [4.69, 9.17) is 4.98 Å². The van der Waals surface area contributed by atoms with Crippen LogP contribution in [0.4, 0.5) is 5.82 Å². The smallest absolute Gasteiger partial charge is 0.128 e. The largest absolute Gasteiger partial charge is 0.359 e. The summed E-state index contributed by atoms with van der Waals surface area (Å²) in [5, 5.41) is 3.24. The Morgan fingerprint density at radius 1 is 1.35 bits per heavy atom. The second-order valence-electron chi connectivity index (χ2n) is 7.35. The van der Waals surface area contributed by atoms with Gasteiger partial charge in [-0.15, -0.1) is 0 Å². The molecule has 2 rings (SSSR count). The van der Waals surface area contributed by atoms with Gasteiger partial charge in [0.1, 0.15) is 5.82 Å². The Kier molecular flexibility index (Phi) is 4.38. The van der Waals surface area contributed by atoms with Crippen LogP contribution in [0.2, 0.25) is 0 Å². The number of nitrogens with zero attached hydrogens (tertiary/aromatic N) is 2. The predicted molar refractivity (Wildman–Crippen MR) is 86.2 cm³/mol. The van der Waals surface area contributed by atoms with Gasteiger partial charge < -0.3 is 10.2 Å². The van der Waals surface area contributed by atoms with Gasteiger partial charge >= 0.3 is 0 Å². The zero-order chi connectivity index (χ0) is 14.9.